The Kier molecular flexibility index (Phi) is 46.9. The Bertz CT molecular complexity index is 1580. The first-order valence-corrected chi connectivity index (χ1v) is 28.4. The fraction of sp³-hybridized carbons (Fsp3) is 0.635. The molecule has 0 aliphatic carbocycles. The molecule has 1 rings (SSSR count). The number of amides is 1. The van der Waals surface area contributed by atoms with E-state index in [1.165, 1.54) is 70.6 Å². The quantitative estimate of drug-likeness (QED) is 0.0261. The summed E-state index contributed by atoms with van der Waals surface area (Å²) in [7, 11) is 0. The van der Waals surface area contributed by atoms with Gasteiger partial charge >= 0.3 is 0 Å². The van der Waals surface area contributed by atoms with Crippen LogP contribution in [0.1, 0.15) is 200 Å². The molecule has 0 bridgehead atoms. The van der Waals surface area contributed by atoms with Gasteiger partial charge in [-0.3, -0.25) is 4.79 Å². The molecule has 0 saturated carbocycles. The number of rotatable bonds is 46. The van der Waals surface area contributed by atoms with Gasteiger partial charge in [-0.25, -0.2) is 0 Å². The number of allylic oxidation sites excluding steroid dienone is 21. The predicted molar refractivity (Wildman–Crippen MR) is 303 cm³/mol. The van der Waals surface area contributed by atoms with Gasteiger partial charge in [-0.2, -0.15) is 0 Å². The van der Waals surface area contributed by atoms with E-state index in [9.17, 15) is 30.3 Å². The molecule has 1 heterocycles. The summed E-state index contributed by atoms with van der Waals surface area (Å²) >= 11 is 0. The first kappa shape index (κ1) is 66.3. The van der Waals surface area contributed by atoms with E-state index in [2.05, 4.69) is 141 Å². The molecule has 408 valence electrons. The lowest BCUT2D eigenvalue weighted by Gasteiger charge is -2.40. The number of aliphatic hydroxyl groups is 5. The van der Waals surface area contributed by atoms with Gasteiger partial charge < -0.3 is 40.3 Å². The summed E-state index contributed by atoms with van der Waals surface area (Å²) in [6, 6.07) is -0.836. The number of hydrogen-bond donors (Lipinski definition) is 6. The van der Waals surface area contributed by atoms with Crippen molar-refractivity contribution >= 4 is 5.91 Å². The van der Waals surface area contributed by atoms with Crippen LogP contribution >= 0.6 is 0 Å². The Labute approximate surface area is 439 Å². The molecular weight excluding hydrogens is 899 g/mol. The fourth-order valence-electron chi connectivity index (χ4n) is 7.95. The highest BCUT2D eigenvalue weighted by Gasteiger charge is 2.44. The molecule has 0 aromatic carbocycles. The summed E-state index contributed by atoms with van der Waals surface area (Å²) in [5.74, 6) is -0.201. The highest BCUT2D eigenvalue weighted by atomic mass is 16.7. The lowest BCUT2D eigenvalue weighted by Crippen LogP contribution is -2.60. The van der Waals surface area contributed by atoms with Crippen LogP contribution in [-0.4, -0.2) is 87.5 Å². The highest BCUT2D eigenvalue weighted by Crippen LogP contribution is 2.22. The number of unbranched alkanes of at least 4 members (excludes halogenated alkanes) is 16. The van der Waals surface area contributed by atoms with Crippen LogP contribution in [0.25, 0.3) is 0 Å². The van der Waals surface area contributed by atoms with Crippen molar-refractivity contribution in [3.05, 3.63) is 134 Å². The summed E-state index contributed by atoms with van der Waals surface area (Å²) in [5, 5.41) is 54.3. The van der Waals surface area contributed by atoms with Crippen molar-refractivity contribution in [3.63, 3.8) is 0 Å². The van der Waals surface area contributed by atoms with Gasteiger partial charge in [0.25, 0.3) is 0 Å². The first-order chi connectivity index (χ1) is 35.3. The van der Waals surface area contributed by atoms with Gasteiger partial charge in [0.1, 0.15) is 24.4 Å². The number of aliphatic hydroxyl groups excluding tert-OH is 5. The topological polar surface area (TPSA) is 149 Å². The number of ether oxygens (including phenoxy) is 2. The molecule has 9 nitrogen and oxygen atoms in total. The van der Waals surface area contributed by atoms with Crippen molar-refractivity contribution in [2.45, 2.75) is 243 Å². The molecule has 72 heavy (non-hydrogen) atoms. The minimum Gasteiger partial charge on any atom is -0.394 e. The van der Waals surface area contributed by atoms with Crippen LogP contribution in [0.15, 0.2) is 134 Å². The van der Waals surface area contributed by atoms with Gasteiger partial charge in [-0.1, -0.05) is 225 Å². The molecule has 7 atom stereocenters. The number of carbonyl (C=O) groups is 1. The minimum absolute atomic E-state index is 0.201. The van der Waals surface area contributed by atoms with Gasteiger partial charge in [0, 0.05) is 6.42 Å². The zero-order valence-electron chi connectivity index (χ0n) is 45.1. The van der Waals surface area contributed by atoms with Crippen LogP contribution in [0.2, 0.25) is 0 Å². The molecule has 0 radical (unpaired) electrons. The molecule has 1 aliphatic rings. The smallest absolute Gasteiger partial charge is 0.220 e. The molecule has 1 aliphatic heterocycles. The van der Waals surface area contributed by atoms with Gasteiger partial charge in [0.15, 0.2) is 6.29 Å². The van der Waals surface area contributed by atoms with Gasteiger partial charge in [-0.15, -0.1) is 0 Å². The molecule has 6 N–H and O–H groups in total. The number of nitrogens with one attached hydrogen (secondary N) is 1. The third-order valence-electron chi connectivity index (χ3n) is 12.4. The number of carbonyl (C=O) groups excluding carboxylic acids is 1. The maximum atomic E-state index is 13.0. The molecule has 1 amide bonds. The van der Waals surface area contributed by atoms with E-state index < -0.39 is 49.5 Å². The third kappa shape index (κ3) is 39.8. The van der Waals surface area contributed by atoms with Crippen molar-refractivity contribution < 1.29 is 39.8 Å². The SMILES string of the molecule is CC/C=C\C/C=C\C/C=C\C/C=C\C/C=C\C/C=C\C/C=C\C/C=C\CCCCCCCCCCCCCCC(=O)NC(COC1OC(CO)C(O)C(O)C1O)C(O)/C=C/CC/C=C/CC/C=C/CCCC. The average Bonchev–Trinajstić information content (AvgIpc) is 3.38. The van der Waals surface area contributed by atoms with Crippen molar-refractivity contribution in [1.29, 1.82) is 0 Å². The van der Waals surface area contributed by atoms with E-state index in [0.717, 1.165) is 109 Å². The standard InChI is InChI=1S/C63H103NO8/c1-3-5-7-9-11-13-15-17-18-19-20-21-22-23-24-25-26-27-28-29-30-31-32-33-34-35-36-37-38-39-40-41-43-45-47-49-51-53-59(67)64-56(55-71-63-62(70)61(69)60(68)58(54-65)72-63)57(66)52-50-48-46-44-42-16-14-12-10-8-6-4-2/h5,7,10-13,17-18,20-21,23-24,26-27,29-30,32-33,42,44,50,52,56-58,60-63,65-66,68-70H,3-4,6,8-9,14-16,19,22,25,28,31,34-41,43,45-49,51,53-55H2,1-2H3,(H,64,67)/b7-5-,12-10+,13-11-,18-17-,21-20-,24-23-,27-26-,30-29-,33-32-,44-42+,52-50+. The maximum absolute atomic E-state index is 13.0. The van der Waals surface area contributed by atoms with Crippen LogP contribution in [0.4, 0.5) is 0 Å². The molecule has 1 fully saturated rings. The van der Waals surface area contributed by atoms with E-state index in [1.54, 1.807) is 6.08 Å². The van der Waals surface area contributed by atoms with E-state index in [4.69, 9.17) is 9.47 Å². The molecule has 7 unspecified atom stereocenters. The van der Waals surface area contributed by atoms with Gasteiger partial charge in [0.2, 0.25) is 5.91 Å². The van der Waals surface area contributed by atoms with Crippen LogP contribution in [0, 0.1) is 0 Å². The Morgan fingerprint density at radius 3 is 1.33 bits per heavy atom. The minimum atomic E-state index is -1.58. The normalized spacial score (nSPS) is 20.2. The summed E-state index contributed by atoms with van der Waals surface area (Å²) in [6.45, 7) is 3.57. The summed E-state index contributed by atoms with van der Waals surface area (Å²) in [6.07, 6.45) is 71.0. The molecule has 1 saturated heterocycles. The zero-order chi connectivity index (χ0) is 52.2. The second-order valence-electron chi connectivity index (χ2n) is 19.0. The van der Waals surface area contributed by atoms with Crippen LogP contribution in [-0.2, 0) is 14.3 Å². The van der Waals surface area contributed by atoms with Crippen molar-refractivity contribution in [2.24, 2.45) is 0 Å². The average molecular weight is 1000 g/mol. The molecule has 0 aromatic heterocycles. The lowest BCUT2D eigenvalue weighted by atomic mass is 9.99. The summed E-state index contributed by atoms with van der Waals surface area (Å²) in [5.41, 5.74) is 0. The molecular formula is C63H103NO8. The fourth-order valence-corrected chi connectivity index (χ4v) is 7.95. The molecule has 0 aromatic rings. The maximum Gasteiger partial charge on any atom is 0.220 e. The van der Waals surface area contributed by atoms with E-state index in [1.807, 2.05) is 6.08 Å². The van der Waals surface area contributed by atoms with E-state index in [0.29, 0.717) is 6.42 Å². The Balaban J connectivity index is 2.15. The number of hydrogen-bond acceptors (Lipinski definition) is 8. The largest absolute Gasteiger partial charge is 0.394 e. The highest BCUT2D eigenvalue weighted by molar-refractivity contribution is 5.76. The third-order valence-corrected chi connectivity index (χ3v) is 12.4. The van der Waals surface area contributed by atoms with Crippen molar-refractivity contribution in [1.82, 2.24) is 5.32 Å². The van der Waals surface area contributed by atoms with Crippen molar-refractivity contribution in [2.75, 3.05) is 13.2 Å². The lowest BCUT2D eigenvalue weighted by molar-refractivity contribution is -0.302. The Morgan fingerprint density at radius 1 is 0.486 bits per heavy atom. The van der Waals surface area contributed by atoms with Gasteiger partial charge in [-0.05, 0) is 103 Å². The zero-order valence-corrected chi connectivity index (χ0v) is 45.1. The second kappa shape index (κ2) is 50.8. The van der Waals surface area contributed by atoms with E-state index >= 15 is 0 Å². The monoisotopic (exact) mass is 1000 g/mol. The first-order valence-electron chi connectivity index (χ1n) is 28.4. The summed E-state index contributed by atoms with van der Waals surface area (Å²) in [4.78, 5) is 13.0. The van der Waals surface area contributed by atoms with Crippen LogP contribution in [0.5, 0.6) is 0 Å². The van der Waals surface area contributed by atoms with Crippen LogP contribution < -0.4 is 5.32 Å². The van der Waals surface area contributed by atoms with Gasteiger partial charge in [0.05, 0.1) is 25.4 Å². The summed E-state index contributed by atoms with van der Waals surface area (Å²) < 4.78 is 11.2. The Morgan fingerprint density at radius 2 is 0.875 bits per heavy atom. The molecule has 0 spiro atoms. The van der Waals surface area contributed by atoms with Crippen LogP contribution in [0.3, 0.4) is 0 Å². The van der Waals surface area contributed by atoms with Crippen molar-refractivity contribution in [3.8, 4) is 0 Å². The molecule has 9 heteroatoms. The Hall–Kier alpha value is -3.67. The second-order valence-corrected chi connectivity index (χ2v) is 19.0. The van der Waals surface area contributed by atoms with E-state index in [-0.39, 0.29) is 12.5 Å². The predicted octanol–water partition coefficient (Wildman–Crippen LogP) is 14.1.